The molecule has 0 spiro atoms. The number of hydrogen-bond acceptors (Lipinski definition) is 0. The zero-order valence-corrected chi connectivity index (χ0v) is 10.6. The van der Waals surface area contributed by atoms with E-state index in [9.17, 15) is 0 Å². The Morgan fingerprint density at radius 2 is 1.86 bits per heavy atom. The number of allylic oxidation sites excluding steroid dienone is 1. The van der Waals surface area contributed by atoms with Crippen LogP contribution in [-0.2, 0) is 0 Å². The SMILES string of the molecule is BC(C)(C1CCCC(=C)C1)C(C)(C)C. The summed E-state index contributed by atoms with van der Waals surface area (Å²) in [6, 6.07) is 0. The van der Waals surface area contributed by atoms with Crippen LogP contribution in [0.5, 0.6) is 0 Å². The quantitative estimate of drug-likeness (QED) is 0.440. The lowest BCUT2D eigenvalue weighted by molar-refractivity contribution is 0.175. The van der Waals surface area contributed by atoms with Crippen molar-refractivity contribution in [1.29, 1.82) is 0 Å². The largest absolute Gasteiger partial charge is 0.110 e. The van der Waals surface area contributed by atoms with Crippen LogP contribution >= 0.6 is 0 Å². The molecule has 14 heavy (non-hydrogen) atoms. The van der Waals surface area contributed by atoms with Gasteiger partial charge in [0.05, 0.1) is 0 Å². The van der Waals surface area contributed by atoms with Crippen molar-refractivity contribution in [2.75, 3.05) is 0 Å². The highest BCUT2D eigenvalue weighted by Crippen LogP contribution is 2.53. The average Bonchev–Trinajstić information content (AvgIpc) is 2.02. The van der Waals surface area contributed by atoms with Crippen molar-refractivity contribution in [3.05, 3.63) is 12.2 Å². The molecule has 0 radical (unpaired) electrons. The van der Waals surface area contributed by atoms with Crippen molar-refractivity contribution < 1.29 is 0 Å². The summed E-state index contributed by atoms with van der Waals surface area (Å²) in [5, 5.41) is 0.427. The molecule has 1 aliphatic carbocycles. The molecular weight excluding hydrogens is 167 g/mol. The zero-order chi connectivity index (χ0) is 11.0. The molecule has 2 atom stereocenters. The van der Waals surface area contributed by atoms with Gasteiger partial charge in [-0.15, -0.1) is 0 Å². The number of hydrogen-bond donors (Lipinski definition) is 0. The molecule has 0 aliphatic heterocycles. The minimum absolute atomic E-state index is 0.398. The van der Waals surface area contributed by atoms with E-state index in [1.54, 1.807) is 0 Å². The van der Waals surface area contributed by atoms with Gasteiger partial charge in [-0.05, 0) is 37.0 Å². The second kappa shape index (κ2) is 3.75. The maximum absolute atomic E-state index is 4.16. The summed E-state index contributed by atoms with van der Waals surface area (Å²) in [6.45, 7) is 13.7. The molecule has 0 saturated heterocycles. The van der Waals surface area contributed by atoms with Crippen LogP contribution in [0.1, 0.15) is 53.4 Å². The predicted molar refractivity (Wildman–Crippen MR) is 67.5 cm³/mol. The van der Waals surface area contributed by atoms with Gasteiger partial charge >= 0.3 is 0 Å². The number of rotatable bonds is 1. The first-order chi connectivity index (χ1) is 6.25. The molecule has 1 heteroatoms. The van der Waals surface area contributed by atoms with Gasteiger partial charge in [-0.2, -0.15) is 0 Å². The van der Waals surface area contributed by atoms with Gasteiger partial charge < -0.3 is 0 Å². The Hall–Kier alpha value is -0.195. The summed E-state index contributed by atoms with van der Waals surface area (Å²) < 4.78 is 0. The molecule has 0 N–H and O–H groups in total. The zero-order valence-electron chi connectivity index (χ0n) is 10.6. The van der Waals surface area contributed by atoms with E-state index in [2.05, 4.69) is 42.1 Å². The molecule has 0 amide bonds. The third-order valence-electron chi connectivity index (χ3n) is 4.57. The van der Waals surface area contributed by atoms with Gasteiger partial charge in [-0.1, -0.05) is 45.2 Å². The lowest BCUT2D eigenvalue weighted by Gasteiger charge is -2.47. The van der Waals surface area contributed by atoms with Crippen LogP contribution in [0.3, 0.4) is 0 Å². The first kappa shape index (κ1) is 11.9. The van der Waals surface area contributed by atoms with Gasteiger partial charge in [-0.3, -0.25) is 0 Å². The maximum atomic E-state index is 4.16. The molecule has 1 saturated carbocycles. The van der Waals surface area contributed by atoms with Crippen LogP contribution in [0.4, 0.5) is 0 Å². The highest BCUT2D eigenvalue weighted by atomic mass is 14.4. The third kappa shape index (κ3) is 2.24. The minimum atomic E-state index is 0.398. The van der Waals surface area contributed by atoms with Crippen molar-refractivity contribution in [3.8, 4) is 0 Å². The average molecular weight is 192 g/mol. The lowest BCUT2D eigenvalue weighted by atomic mass is 9.47. The standard InChI is InChI=1S/C13H25B/c1-10-7-6-8-11(9-10)13(5,14)12(2,3)4/h11H,1,6-9,14H2,2-5H3. The monoisotopic (exact) mass is 192 g/mol. The van der Waals surface area contributed by atoms with Crippen LogP contribution < -0.4 is 0 Å². The summed E-state index contributed by atoms with van der Waals surface area (Å²) in [6.07, 6.45) is 5.26. The van der Waals surface area contributed by atoms with Crippen molar-refractivity contribution in [1.82, 2.24) is 0 Å². The Morgan fingerprint density at radius 1 is 1.29 bits per heavy atom. The topological polar surface area (TPSA) is 0 Å². The smallest absolute Gasteiger partial charge is 0.0999 e. The third-order valence-corrected chi connectivity index (χ3v) is 4.57. The fraction of sp³-hybridized carbons (Fsp3) is 0.846. The Kier molecular flexibility index (Phi) is 3.18. The van der Waals surface area contributed by atoms with E-state index in [1.165, 1.54) is 31.3 Å². The molecule has 1 rings (SSSR count). The van der Waals surface area contributed by atoms with Crippen molar-refractivity contribution in [3.63, 3.8) is 0 Å². The fourth-order valence-electron chi connectivity index (χ4n) is 2.38. The molecule has 0 bridgehead atoms. The molecule has 80 valence electrons. The van der Waals surface area contributed by atoms with E-state index in [1.807, 2.05) is 0 Å². The second-order valence-electron chi connectivity index (χ2n) is 6.51. The van der Waals surface area contributed by atoms with Crippen molar-refractivity contribution in [2.45, 2.75) is 58.7 Å². The highest BCUT2D eigenvalue weighted by Gasteiger charge is 2.40. The minimum Gasteiger partial charge on any atom is -0.0999 e. The van der Waals surface area contributed by atoms with E-state index in [-0.39, 0.29) is 0 Å². The molecule has 0 aromatic carbocycles. The summed E-state index contributed by atoms with van der Waals surface area (Å²) >= 11 is 0. The van der Waals surface area contributed by atoms with E-state index >= 15 is 0 Å². The van der Waals surface area contributed by atoms with Crippen LogP contribution in [-0.4, -0.2) is 7.85 Å². The summed E-state index contributed by atoms with van der Waals surface area (Å²) in [5.41, 5.74) is 1.87. The Labute approximate surface area is 90.6 Å². The van der Waals surface area contributed by atoms with Gasteiger partial charge in [0, 0.05) is 0 Å². The predicted octanol–water partition coefficient (Wildman–Crippen LogP) is 3.59. The van der Waals surface area contributed by atoms with Gasteiger partial charge in [0.25, 0.3) is 0 Å². The van der Waals surface area contributed by atoms with Gasteiger partial charge in [-0.25, -0.2) is 0 Å². The molecular formula is C13H25B. The molecule has 1 aliphatic rings. The molecule has 0 aromatic heterocycles. The highest BCUT2D eigenvalue weighted by molar-refractivity contribution is 6.15. The van der Waals surface area contributed by atoms with Gasteiger partial charge in [0.1, 0.15) is 7.85 Å². The molecule has 2 unspecified atom stereocenters. The first-order valence-electron chi connectivity index (χ1n) is 5.92. The molecule has 1 fully saturated rings. The lowest BCUT2D eigenvalue weighted by Crippen LogP contribution is -2.35. The van der Waals surface area contributed by atoms with Crippen LogP contribution in [0.15, 0.2) is 12.2 Å². The van der Waals surface area contributed by atoms with Crippen LogP contribution in [0.25, 0.3) is 0 Å². The Bertz CT molecular complexity index is 220. The van der Waals surface area contributed by atoms with Gasteiger partial charge in [0.15, 0.2) is 0 Å². The van der Waals surface area contributed by atoms with E-state index in [0.717, 1.165) is 5.92 Å². The van der Waals surface area contributed by atoms with Crippen LogP contribution in [0.2, 0.25) is 5.31 Å². The van der Waals surface area contributed by atoms with Crippen molar-refractivity contribution >= 4 is 7.85 Å². The second-order valence-corrected chi connectivity index (χ2v) is 6.51. The maximum Gasteiger partial charge on any atom is 0.110 e. The first-order valence-corrected chi connectivity index (χ1v) is 5.92. The van der Waals surface area contributed by atoms with Gasteiger partial charge in [0.2, 0.25) is 0 Å². The summed E-state index contributed by atoms with van der Waals surface area (Å²) in [5.74, 6) is 0.837. The van der Waals surface area contributed by atoms with Crippen LogP contribution in [0, 0.1) is 11.3 Å². The Balaban J connectivity index is 2.76. The Morgan fingerprint density at radius 3 is 2.29 bits per heavy atom. The summed E-state index contributed by atoms with van der Waals surface area (Å²) in [7, 11) is 2.43. The van der Waals surface area contributed by atoms with E-state index in [0.29, 0.717) is 10.7 Å². The molecule has 0 aromatic rings. The van der Waals surface area contributed by atoms with E-state index < -0.39 is 0 Å². The van der Waals surface area contributed by atoms with E-state index in [4.69, 9.17) is 0 Å². The molecule has 0 nitrogen and oxygen atoms in total. The molecule has 0 heterocycles. The summed E-state index contributed by atoms with van der Waals surface area (Å²) in [4.78, 5) is 0. The van der Waals surface area contributed by atoms with Crippen molar-refractivity contribution in [2.24, 2.45) is 11.3 Å². The normalized spacial score (nSPS) is 28.6. The fourth-order valence-corrected chi connectivity index (χ4v) is 2.38.